The third-order valence-electron chi connectivity index (χ3n) is 4.04. The molecule has 0 fully saturated rings. The van der Waals surface area contributed by atoms with Gasteiger partial charge in [0.05, 0.1) is 5.92 Å². The second-order valence-electron chi connectivity index (χ2n) is 6.08. The van der Waals surface area contributed by atoms with E-state index in [4.69, 9.17) is 16.7 Å². The number of benzene rings is 2. The van der Waals surface area contributed by atoms with Gasteiger partial charge >= 0.3 is 5.97 Å². The lowest BCUT2D eigenvalue weighted by Crippen LogP contribution is -2.23. The maximum absolute atomic E-state index is 12.0. The molecule has 0 aliphatic rings. The molecule has 2 N–H and O–H groups in total. The molecule has 0 spiro atoms. The zero-order valence-electron chi connectivity index (χ0n) is 14.9. The van der Waals surface area contributed by atoms with E-state index in [0.717, 1.165) is 11.0 Å². The van der Waals surface area contributed by atoms with Gasteiger partial charge in [0.2, 0.25) is 10.0 Å². The second kappa shape index (κ2) is 10.2. The van der Waals surface area contributed by atoms with E-state index in [1.165, 1.54) is 6.08 Å². The molecule has 1 unspecified atom stereocenters. The monoisotopic (exact) mass is 421 g/mol. The van der Waals surface area contributed by atoms with Crippen molar-refractivity contribution in [3.63, 3.8) is 0 Å². The van der Waals surface area contributed by atoms with Crippen molar-refractivity contribution in [1.82, 2.24) is 4.72 Å². The standard InChI is InChI=1S/C20H20ClNO5S/c21-18-7-3-16(4-8-18)11-14-28(26,27)22-12-9-15-1-5-17(6-2-15)19(10-13-23)20(24)25/h1-8,11,13-14,19,22H,9-10,12H2,(H,24,25)/b14-11+. The summed E-state index contributed by atoms with van der Waals surface area (Å²) in [6, 6.07) is 13.5. The van der Waals surface area contributed by atoms with Gasteiger partial charge in [-0.05, 0) is 41.3 Å². The van der Waals surface area contributed by atoms with E-state index in [-0.39, 0.29) is 13.0 Å². The molecule has 2 aromatic rings. The van der Waals surface area contributed by atoms with Crippen LogP contribution in [0.15, 0.2) is 53.9 Å². The van der Waals surface area contributed by atoms with E-state index in [1.54, 1.807) is 48.5 Å². The minimum absolute atomic E-state index is 0.0889. The summed E-state index contributed by atoms with van der Waals surface area (Å²) in [6.45, 7) is 0.198. The predicted molar refractivity (Wildman–Crippen MR) is 109 cm³/mol. The minimum atomic E-state index is -3.58. The fourth-order valence-corrected chi connectivity index (χ4v) is 3.47. The Balaban J connectivity index is 1.90. The van der Waals surface area contributed by atoms with E-state index in [9.17, 15) is 18.0 Å². The van der Waals surface area contributed by atoms with Crippen molar-refractivity contribution in [3.05, 3.63) is 75.7 Å². The number of hydrogen-bond donors (Lipinski definition) is 2. The average molecular weight is 422 g/mol. The number of carbonyl (C=O) groups excluding carboxylic acids is 1. The summed E-state index contributed by atoms with van der Waals surface area (Å²) in [4.78, 5) is 21.8. The Kier molecular flexibility index (Phi) is 7.92. The second-order valence-corrected chi connectivity index (χ2v) is 8.17. The SMILES string of the molecule is O=CCC(C(=O)O)c1ccc(CCNS(=O)(=O)/C=C/c2ccc(Cl)cc2)cc1. The molecular weight excluding hydrogens is 402 g/mol. The smallest absolute Gasteiger partial charge is 0.311 e. The van der Waals surface area contributed by atoms with Crippen molar-refractivity contribution in [3.8, 4) is 0 Å². The van der Waals surface area contributed by atoms with Gasteiger partial charge in [0.1, 0.15) is 6.29 Å². The van der Waals surface area contributed by atoms with E-state index in [2.05, 4.69) is 4.72 Å². The van der Waals surface area contributed by atoms with E-state index in [1.807, 2.05) is 0 Å². The van der Waals surface area contributed by atoms with Crippen LogP contribution in [0, 0.1) is 0 Å². The molecule has 0 bridgehead atoms. The Labute approximate surface area is 168 Å². The van der Waals surface area contributed by atoms with Crippen molar-refractivity contribution in [2.45, 2.75) is 18.8 Å². The first-order chi connectivity index (χ1) is 13.3. The Hall–Kier alpha value is -2.48. The number of sulfonamides is 1. The van der Waals surface area contributed by atoms with Gasteiger partial charge in [-0.25, -0.2) is 13.1 Å². The highest BCUT2D eigenvalue weighted by atomic mass is 35.5. The molecular formula is C20H20ClNO5S. The molecule has 2 rings (SSSR count). The molecule has 0 aromatic heterocycles. The fraction of sp³-hybridized carbons (Fsp3) is 0.200. The Bertz CT molecular complexity index is 938. The number of hydrogen-bond acceptors (Lipinski definition) is 4. The largest absolute Gasteiger partial charge is 0.481 e. The van der Waals surface area contributed by atoms with Gasteiger partial charge in [0.15, 0.2) is 0 Å². The first-order valence-corrected chi connectivity index (χ1v) is 10.4. The van der Waals surface area contributed by atoms with Crippen LogP contribution < -0.4 is 4.72 Å². The zero-order chi connectivity index (χ0) is 20.6. The third kappa shape index (κ3) is 6.92. The van der Waals surface area contributed by atoms with Crippen LogP contribution in [0.4, 0.5) is 0 Å². The van der Waals surface area contributed by atoms with Gasteiger partial charge in [-0.3, -0.25) is 4.79 Å². The molecule has 6 nitrogen and oxygen atoms in total. The molecule has 0 aliphatic carbocycles. The van der Waals surface area contributed by atoms with Gasteiger partial charge < -0.3 is 9.90 Å². The molecule has 148 valence electrons. The third-order valence-corrected chi connectivity index (χ3v) is 5.39. The van der Waals surface area contributed by atoms with Gasteiger partial charge in [0, 0.05) is 23.4 Å². The summed E-state index contributed by atoms with van der Waals surface area (Å²) >= 11 is 5.79. The number of aliphatic carboxylic acids is 1. The van der Waals surface area contributed by atoms with E-state index in [0.29, 0.717) is 28.9 Å². The van der Waals surface area contributed by atoms with Crippen molar-refractivity contribution >= 4 is 40.0 Å². The Morgan fingerprint density at radius 1 is 1.11 bits per heavy atom. The molecule has 0 aliphatic heterocycles. The quantitative estimate of drug-likeness (QED) is 0.573. The van der Waals surface area contributed by atoms with Gasteiger partial charge in [-0.1, -0.05) is 48.0 Å². The number of carbonyl (C=O) groups is 2. The van der Waals surface area contributed by atoms with Crippen LogP contribution in [0.2, 0.25) is 5.02 Å². The molecule has 0 heterocycles. The first-order valence-electron chi connectivity index (χ1n) is 8.49. The molecule has 2 aromatic carbocycles. The number of carboxylic acid groups (broad SMARTS) is 1. The van der Waals surface area contributed by atoms with Crippen LogP contribution >= 0.6 is 11.6 Å². The van der Waals surface area contributed by atoms with Crippen LogP contribution in [-0.2, 0) is 26.0 Å². The summed E-state index contributed by atoms with van der Waals surface area (Å²) in [5, 5.41) is 10.8. The lowest BCUT2D eigenvalue weighted by atomic mass is 9.95. The number of halogens is 1. The number of carboxylic acids is 1. The molecule has 0 amide bonds. The van der Waals surface area contributed by atoms with E-state index < -0.39 is 21.9 Å². The molecule has 0 radical (unpaired) electrons. The molecule has 28 heavy (non-hydrogen) atoms. The van der Waals surface area contributed by atoms with Crippen LogP contribution in [0.25, 0.3) is 6.08 Å². The summed E-state index contributed by atoms with van der Waals surface area (Å²) in [6.07, 6.45) is 2.42. The van der Waals surface area contributed by atoms with Crippen molar-refractivity contribution in [2.24, 2.45) is 0 Å². The average Bonchev–Trinajstić information content (AvgIpc) is 2.66. The highest BCUT2D eigenvalue weighted by molar-refractivity contribution is 7.92. The summed E-state index contributed by atoms with van der Waals surface area (Å²) in [5.41, 5.74) is 2.10. The molecule has 0 saturated carbocycles. The molecule has 8 heteroatoms. The summed E-state index contributed by atoms with van der Waals surface area (Å²) < 4.78 is 26.5. The maximum atomic E-state index is 12.0. The van der Waals surface area contributed by atoms with Gasteiger partial charge in [-0.15, -0.1) is 0 Å². The molecule has 1 atom stereocenters. The highest BCUT2D eigenvalue weighted by Crippen LogP contribution is 2.19. The number of aldehydes is 1. The first kappa shape index (κ1) is 21.8. The Morgan fingerprint density at radius 2 is 1.75 bits per heavy atom. The van der Waals surface area contributed by atoms with Crippen molar-refractivity contribution in [1.29, 1.82) is 0 Å². The fourth-order valence-electron chi connectivity index (χ4n) is 2.52. The number of rotatable bonds is 10. The maximum Gasteiger partial charge on any atom is 0.311 e. The minimum Gasteiger partial charge on any atom is -0.481 e. The van der Waals surface area contributed by atoms with Crippen LogP contribution in [0.5, 0.6) is 0 Å². The number of nitrogens with one attached hydrogen (secondary N) is 1. The van der Waals surface area contributed by atoms with Crippen LogP contribution in [0.1, 0.15) is 29.0 Å². The topological polar surface area (TPSA) is 101 Å². The van der Waals surface area contributed by atoms with Crippen LogP contribution in [-0.4, -0.2) is 32.3 Å². The lowest BCUT2D eigenvalue weighted by Gasteiger charge is -2.10. The van der Waals surface area contributed by atoms with Crippen LogP contribution in [0.3, 0.4) is 0 Å². The Morgan fingerprint density at radius 3 is 2.32 bits per heavy atom. The normalized spacial score (nSPS) is 12.8. The van der Waals surface area contributed by atoms with Gasteiger partial charge in [0.25, 0.3) is 0 Å². The van der Waals surface area contributed by atoms with Gasteiger partial charge in [-0.2, -0.15) is 0 Å². The summed E-state index contributed by atoms with van der Waals surface area (Å²) in [5.74, 6) is -1.93. The molecule has 0 saturated heterocycles. The van der Waals surface area contributed by atoms with E-state index >= 15 is 0 Å². The zero-order valence-corrected chi connectivity index (χ0v) is 16.5. The predicted octanol–water partition coefficient (Wildman–Crippen LogP) is 3.23. The van der Waals surface area contributed by atoms with Crippen molar-refractivity contribution < 1.29 is 23.1 Å². The highest BCUT2D eigenvalue weighted by Gasteiger charge is 2.18. The van der Waals surface area contributed by atoms with Crippen molar-refractivity contribution in [2.75, 3.05) is 6.54 Å². The lowest BCUT2D eigenvalue weighted by molar-refractivity contribution is -0.139. The summed E-state index contributed by atoms with van der Waals surface area (Å²) in [7, 11) is -3.58.